The number of likely N-dealkylation sites (N-methyl/N-ethyl adjacent to an activating group) is 1. The summed E-state index contributed by atoms with van der Waals surface area (Å²) in [5.74, 6) is 0. The van der Waals surface area contributed by atoms with E-state index in [2.05, 4.69) is 29.0 Å². The third-order valence-corrected chi connectivity index (χ3v) is 4.01. The Morgan fingerprint density at radius 1 is 1.17 bits per heavy atom. The van der Waals surface area contributed by atoms with Gasteiger partial charge in [-0.2, -0.15) is 0 Å². The van der Waals surface area contributed by atoms with E-state index in [1.54, 1.807) is 0 Å². The van der Waals surface area contributed by atoms with Gasteiger partial charge in [0.25, 0.3) is 0 Å². The molecule has 3 heteroatoms. The smallest absolute Gasteiger partial charge is 0.0451 e. The molecule has 1 aliphatic rings. The monoisotopic (exact) mass is 266 g/mol. The molecule has 0 spiro atoms. The maximum Gasteiger partial charge on any atom is 0.0451 e. The van der Waals surface area contributed by atoms with Crippen molar-refractivity contribution < 1.29 is 0 Å². The third-order valence-electron chi connectivity index (χ3n) is 3.64. The van der Waals surface area contributed by atoms with Gasteiger partial charge >= 0.3 is 0 Å². The van der Waals surface area contributed by atoms with E-state index in [4.69, 9.17) is 11.6 Å². The molecule has 0 amide bonds. The van der Waals surface area contributed by atoms with Gasteiger partial charge in [-0.1, -0.05) is 36.2 Å². The maximum absolute atomic E-state index is 6.18. The molecule has 1 aliphatic heterocycles. The highest BCUT2D eigenvalue weighted by molar-refractivity contribution is 6.31. The minimum atomic E-state index is 0.877. The molecule has 1 saturated heterocycles. The zero-order valence-corrected chi connectivity index (χ0v) is 12.0. The van der Waals surface area contributed by atoms with Crippen LogP contribution in [0.25, 0.3) is 0 Å². The number of likely N-dealkylation sites (tertiary alicyclic amines) is 1. The SMILES string of the molecule is CN(CCN1CCCCC1)Cc1ccccc1Cl. The Kier molecular flexibility index (Phi) is 5.48. The van der Waals surface area contributed by atoms with Crippen molar-refractivity contribution in [3.63, 3.8) is 0 Å². The zero-order chi connectivity index (χ0) is 12.8. The lowest BCUT2D eigenvalue weighted by atomic mass is 10.1. The van der Waals surface area contributed by atoms with Gasteiger partial charge in [-0.05, 0) is 44.6 Å². The zero-order valence-electron chi connectivity index (χ0n) is 11.2. The van der Waals surface area contributed by atoms with Crippen LogP contribution in [0.15, 0.2) is 24.3 Å². The van der Waals surface area contributed by atoms with Gasteiger partial charge in [0.2, 0.25) is 0 Å². The van der Waals surface area contributed by atoms with Crippen molar-refractivity contribution in [2.45, 2.75) is 25.8 Å². The Balaban J connectivity index is 1.74. The van der Waals surface area contributed by atoms with E-state index in [9.17, 15) is 0 Å². The van der Waals surface area contributed by atoms with E-state index in [-0.39, 0.29) is 0 Å². The Labute approximate surface area is 116 Å². The normalized spacial score (nSPS) is 17.3. The first kappa shape index (κ1) is 13.9. The fourth-order valence-corrected chi connectivity index (χ4v) is 2.69. The van der Waals surface area contributed by atoms with Crippen LogP contribution in [0.1, 0.15) is 24.8 Å². The van der Waals surface area contributed by atoms with Crippen molar-refractivity contribution in [3.8, 4) is 0 Å². The van der Waals surface area contributed by atoms with Crippen LogP contribution in [0.2, 0.25) is 5.02 Å². The minimum Gasteiger partial charge on any atom is -0.302 e. The van der Waals surface area contributed by atoms with E-state index in [1.807, 2.05) is 12.1 Å². The van der Waals surface area contributed by atoms with Crippen LogP contribution in [0.4, 0.5) is 0 Å². The molecule has 0 N–H and O–H groups in total. The molecule has 0 saturated carbocycles. The number of nitrogens with zero attached hydrogens (tertiary/aromatic N) is 2. The maximum atomic E-state index is 6.18. The van der Waals surface area contributed by atoms with E-state index >= 15 is 0 Å². The fraction of sp³-hybridized carbons (Fsp3) is 0.600. The molecular formula is C15H23ClN2. The van der Waals surface area contributed by atoms with Crippen LogP contribution in [-0.2, 0) is 6.54 Å². The van der Waals surface area contributed by atoms with Gasteiger partial charge in [0.05, 0.1) is 0 Å². The van der Waals surface area contributed by atoms with Crippen LogP contribution in [-0.4, -0.2) is 43.0 Å². The summed E-state index contributed by atoms with van der Waals surface area (Å²) < 4.78 is 0. The summed E-state index contributed by atoms with van der Waals surface area (Å²) in [6.07, 6.45) is 4.15. The standard InChI is InChI=1S/C15H23ClN2/c1-17(11-12-18-9-5-2-6-10-18)13-14-7-3-4-8-15(14)16/h3-4,7-8H,2,5-6,9-13H2,1H3. The summed E-state index contributed by atoms with van der Waals surface area (Å²) in [5, 5.41) is 0.877. The number of hydrogen-bond donors (Lipinski definition) is 0. The van der Waals surface area contributed by atoms with E-state index in [0.717, 1.165) is 18.1 Å². The molecule has 0 bridgehead atoms. The lowest BCUT2D eigenvalue weighted by Crippen LogP contribution is -2.36. The molecule has 0 unspecified atom stereocenters. The summed E-state index contributed by atoms with van der Waals surface area (Å²) >= 11 is 6.18. The van der Waals surface area contributed by atoms with Crippen molar-refractivity contribution >= 4 is 11.6 Å². The number of rotatable bonds is 5. The van der Waals surface area contributed by atoms with Crippen LogP contribution in [0, 0.1) is 0 Å². The number of benzene rings is 1. The van der Waals surface area contributed by atoms with Crippen molar-refractivity contribution in [1.82, 2.24) is 9.80 Å². The Morgan fingerprint density at radius 3 is 2.61 bits per heavy atom. The summed E-state index contributed by atoms with van der Waals surface area (Å²) in [6, 6.07) is 8.12. The first-order valence-electron chi connectivity index (χ1n) is 6.90. The van der Waals surface area contributed by atoms with Crippen LogP contribution in [0.5, 0.6) is 0 Å². The second-order valence-corrected chi connectivity index (χ2v) is 5.64. The lowest BCUT2D eigenvalue weighted by Gasteiger charge is -2.28. The summed E-state index contributed by atoms with van der Waals surface area (Å²) in [7, 11) is 2.17. The third kappa shape index (κ3) is 4.27. The van der Waals surface area contributed by atoms with Gasteiger partial charge in [-0.15, -0.1) is 0 Å². The Hall–Kier alpha value is -0.570. The first-order valence-corrected chi connectivity index (χ1v) is 7.28. The molecule has 2 rings (SSSR count). The van der Waals surface area contributed by atoms with Crippen LogP contribution in [0.3, 0.4) is 0 Å². The van der Waals surface area contributed by atoms with Gasteiger partial charge in [-0.3, -0.25) is 0 Å². The quantitative estimate of drug-likeness (QED) is 0.807. The van der Waals surface area contributed by atoms with Gasteiger partial charge in [0, 0.05) is 24.7 Å². The summed E-state index contributed by atoms with van der Waals surface area (Å²) in [5.41, 5.74) is 1.22. The highest BCUT2D eigenvalue weighted by Gasteiger charge is 2.11. The Morgan fingerprint density at radius 2 is 1.89 bits per heavy atom. The largest absolute Gasteiger partial charge is 0.302 e. The molecular weight excluding hydrogens is 244 g/mol. The van der Waals surface area contributed by atoms with E-state index in [0.29, 0.717) is 0 Å². The predicted molar refractivity (Wildman–Crippen MR) is 78.1 cm³/mol. The Bertz CT molecular complexity index is 361. The molecule has 1 aromatic carbocycles. The first-order chi connectivity index (χ1) is 8.75. The fourth-order valence-electron chi connectivity index (χ4n) is 2.49. The topological polar surface area (TPSA) is 6.48 Å². The number of hydrogen-bond acceptors (Lipinski definition) is 2. The summed E-state index contributed by atoms with van der Waals surface area (Å²) in [4.78, 5) is 4.93. The highest BCUT2D eigenvalue weighted by atomic mass is 35.5. The predicted octanol–water partition coefficient (Wildman–Crippen LogP) is 3.26. The minimum absolute atomic E-state index is 0.877. The van der Waals surface area contributed by atoms with Crippen molar-refractivity contribution in [3.05, 3.63) is 34.9 Å². The lowest BCUT2D eigenvalue weighted by molar-refractivity contribution is 0.194. The van der Waals surface area contributed by atoms with E-state index < -0.39 is 0 Å². The second-order valence-electron chi connectivity index (χ2n) is 5.23. The molecule has 1 heterocycles. The van der Waals surface area contributed by atoms with Gasteiger partial charge in [0.1, 0.15) is 0 Å². The van der Waals surface area contributed by atoms with Crippen LogP contribution < -0.4 is 0 Å². The van der Waals surface area contributed by atoms with Crippen molar-refractivity contribution in [2.24, 2.45) is 0 Å². The average Bonchev–Trinajstić information content (AvgIpc) is 2.40. The molecule has 1 fully saturated rings. The van der Waals surface area contributed by atoms with Gasteiger partial charge < -0.3 is 9.80 Å². The second kappa shape index (κ2) is 7.13. The molecule has 2 nitrogen and oxygen atoms in total. The van der Waals surface area contributed by atoms with Crippen molar-refractivity contribution in [1.29, 1.82) is 0 Å². The molecule has 100 valence electrons. The van der Waals surface area contributed by atoms with Crippen molar-refractivity contribution in [2.75, 3.05) is 33.2 Å². The average molecular weight is 267 g/mol. The molecule has 0 aliphatic carbocycles. The number of piperidine rings is 1. The summed E-state index contributed by atoms with van der Waals surface area (Å²) in [6.45, 7) is 5.79. The van der Waals surface area contributed by atoms with Gasteiger partial charge in [0.15, 0.2) is 0 Å². The van der Waals surface area contributed by atoms with Crippen LogP contribution >= 0.6 is 11.6 Å². The van der Waals surface area contributed by atoms with E-state index in [1.165, 1.54) is 44.5 Å². The highest BCUT2D eigenvalue weighted by Crippen LogP contribution is 2.16. The number of halogens is 1. The molecule has 1 aromatic rings. The molecule has 0 aromatic heterocycles. The molecule has 18 heavy (non-hydrogen) atoms. The van der Waals surface area contributed by atoms with Gasteiger partial charge in [-0.25, -0.2) is 0 Å². The molecule has 0 radical (unpaired) electrons. The molecule has 0 atom stereocenters.